The summed E-state index contributed by atoms with van der Waals surface area (Å²) >= 11 is 0. The lowest BCUT2D eigenvalue weighted by Gasteiger charge is -2.28. The van der Waals surface area contributed by atoms with Crippen molar-refractivity contribution >= 4 is 22.8 Å². The summed E-state index contributed by atoms with van der Waals surface area (Å²) in [4.78, 5) is 26.6. The van der Waals surface area contributed by atoms with E-state index < -0.39 is 5.97 Å². The minimum absolute atomic E-state index is 0.00698. The molecule has 1 aliphatic heterocycles. The van der Waals surface area contributed by atoms with Crippen LogP contribution in [0.4, 0.5) is 0 Å². The van der Waals surface area contributed by atoms with Crippen LogP contribution >= 0.6 is 0 Å². The van der Waals surface area contributed by atoms with Crippen LogP contribution in [0.2, 0.25) is 0 Å². The normalized spacial score (nSPS) is 16.9. The number of methoxy groups -OCH3 is 1. The van der Waals surface area contributed by atoms with Crippen molar-refractivity contribution in [3.05, 3.63) is 53.1 Å². The fraction of sp³-hybridized carbons (Fsp3) is 0.385. The number of amides is 1. The number of hydrogen-bond donors (Lipinski definition) is 1. The Morgan fingerprint density at radius 2 is 1.84 bits per heavy atom. The molecule has 0 spiro atoms. The molecule has 1 aromatic heterocycles. The Morgan fingerprint density at radius 3 is 2.56 bits per heavy atom. The molecular weight excluding hydrogens is 404 g/mol. The summed E-state index contributed by atoms with van der Waals surface area (Å²) in [6.07, 6.45) is 5.88. The Labute approximate surface area is 187 Å². The third-order valence-electron chi connectivity index (χ3n) is 7.06. The number of likely N-dealkylation sites (N-methyl/N-ethyl adjacent to an activating group) is 1. The van der Waals surface area contributed by atoms with Gasteiger partial charge in [0, 0.05) is 24.5 Å². The number of carboxylic acid groups (broad SMARTS) is 1. The van der Waals surface area contributed by atoms with E-state index in [2.05, 4.69) is 10.6 Å². The summed E-state index contributed by atoms with van der Waals surface area (Å²) in [5.41, 5.74) is 5.53. The van der Waals surface area contributed by atoms with Crippen molar-refractivity contribution < 1.29 is 19.4 Å². The molecule has 5 rings (SSSR count). The van der Waals surface area contributed by atoms with Crippen molar-refractivity contribution in [3.8, 4) is 17.0 Å². The number of carboxylic acids is 1. The number of ether oxygens (including phenoxy) is 1. The summed E-state index contributed by atoms with van der Waals surface area (Å²) in [6, 6.07) is 11.4. The van der Waals surface area contributed by atoms with E-state index >= 15 is 0 Å². The van der Waals surface area contributed by atoms with Crippen LogP contribution < -0.4 is 4.74 Å². The first kappa shape index (κ1) is 20.6. The summed E-state index contributed by atoms with van der Waals surface area (Å²) in [7, 11) is 3.46. The molecule has 0 atom stereocenters. The highest BCUT2D eigenvalue weighted by Crippen LogP contribution is 2.46. The molecule has 0 unspecified atom stereocenters. The van der Waals surface area contributed by atoms with E-state index in [0.29, 0.717) is 12.5 Å². The quantitative estimate of drug-likeness (QED) is 0.630. The van der Waals surface area contributed by atoms with E-state index in [1.807, 2.05) is 25.2 Å². The van der Waals surface area contributed by atoms with E-state index in [1.165, 1.54) is 24.8 Å². The third-order valence-corrected chi connectivity index (χ3v) is 7.06. The average Bonchev–Trinajstić information content (AvgIpc) is 3.11. The van der Waals surface area contributed by atoms with Gasteiger partial charge in [0.15, 0.2) is 0 Å². The maximum Gasteiger partial charge on any atom is 0.335 e. The topological polar surface area (TPSA) is 71.8 Å². The molecule has 0 radical (unpaired) electrons. The van der Waals surface area contributed by atoms with Gasteiger partial charge in [-0.15, -0.1) is 0 Å². The molecule has 2 aliphatic rings. The van der Waals surface area contributed by atoms with Gasteiger partial charge in [-0.25, -0.2) is 4.79 Å². The number of aromatic nitrogens is 1. The SMILES string of the molecule is COc1ccc2c(c1)CN(C)C(=O)Cn1c-2c(C2CCCCC2)c2ccc(C(=O)O)cc21. The number of carbonyl (C=O) groups excluding carboxylic acids is 1. The zero-order valence-corrected chi connectivity index (χ0v) is 18.6. The fourth-order valence-corrected chi connectivity index (χ4v) is 5.43. The van der Waals surface area contributed by atoms with Crippen molar-refractivity contribution in [2.75, 3.05) is 14.2 Å². The molecule has 1 saturated carbocycles. The highest BCUT2D eigenvalue weighted by Gasteiger charge is 2.30. The Hall–Kier alpha value is -3.28. The minimum Gasteiger partial charge on any atom is -0.497 e. The number of aromatic carboxylic acids is 1. The van der Waals surface area contributed by atoms with Crippen molar-refractivity contribution in [1.82, 2.24) is 9.47 Å². The first-order chi connectivity index (χ1) is 15.5. The molecule has 1 amide bonds. The highest BCUT2D eigenvalue weighted by atomic mass is 16.5. The first-order valence-electron chi connectivity index (χ1n) is 11.3. The van der Waals surface area contributed by atoms with Gasteiger partial charge in [-0.3, -0.25) is 4.79 Å². The Bertz CT molecular complexity index is 1220. The lowest BCUT2D eigenvalue weighted by molar-refractivity contribution is -0.131. The maximum atomic E-state index is 13.1. The molecule has 0 bridgehead atoms. The molecule has 166 valence electrons. The zero-order valence-electron chi connectivity index (χ0n) is 18.6. The van der Waals surface area contributed by atoms with Crippen LogP contribution in [0.1, 0.15) is 59.5 Å². The third kappa shape index (κ3) is 3.34. The number of hydrogen-bond acceptors (Lipinski definition) is 3. The summed E-state index contributed by atoms with van der Waals surface area (Å²) in [6.45, 7) is 0.709. The van der Waals surface area contributed by atoms with Crippen LogP contribution in [0.15, 0.2) is 36.4 Å². The molecule has 6 nitrogen and oxygen atoms in total. The van der Waals surface area contributed by atoms with Crippen LogP contribution in [0.3, 0.4) is 0 Å². The smallest absolute Gasteiger partial charge is 0.335 e. The van der Waals surface area contributed by atoms with Gasteiger partial charge in [0.1, 0.15) is 12.3 Å². The molecule has 32 heavy (non-hydrogen) atoms. The number of benzene rings is 2. The molecule has 1 N–H and O–H groups in total. The van der Waals surface area contributed by atoms with E-state index in [1.54, 1.807) is 24.1 Å². The van der Waals surface area contributed by atoms with Gasteiger partial charge >= 0.3 is 5.97 Å². The van der Waals surface area contributed by atoms with Gasteiger partial charge in [-0.2, -0.15) is 0 Å². The van der Waals surface area contributed by atoms with Crippen LogP contribution in [0.25, 0.3) is 22.2 Å². The van der Waals surface area contributed by atoms with Crippen LogP contribution in [0, 0.1) is 0 Å². The molecule has 1 aliphatic carbocycles. The van der Waals surface area contributed by atoms with Crippen LogP contribution in [0.5, 0.6) is 5.75 Å². The number of rotatable bonds is 3. The lowest BCUT2D eigenvalue weighted by atomic mass is 9.81. The average molecular weight is 433 g/mol. The van der Waals surface area contributed by atoms with Gasteiger partial charge in [0.2, 0.25) is 5.91 Å². The summed E-state index contributed by atoms with van der Waals surface area (Å²) in [5, 5.41) is 10.7. The second kappa shape index (κ2) is 8.01. The Morgan fingerprint density at radius 1 is 1.06 bits per heavy atom. The zero-order chi connectivity index (χ0) is 22.4. The van der Waals surface area contributed by atoms with Gasteiger partial charge in [0.25, 0.3) is 0 Å². The van der Waals surface area contributed by atoms with E-state index in [-0.39, 0.29) is 18.0 Å². The predicted octanol–water partition coefficient (Wildman–Crippen LogP) is 5.03. The number of fused-ring (bicyclic) bond motifs is 5. The van der Waals surface area contributed by atoms with E-state index in [9.17, 15) is 14.7 Å². The van der Waals surface area contributed by atoms with E-state index in [0.717, 1.165) is 46.3 Å². The van der Waals surface area contributed by atoms with Crippen molar-refractivity contribution in [3.63, 3.8) is 0 Å². The molecular formula is C26H28N2O4. The van der Waals surface area contributed by atoms with E-state index in [4.69, 9.17) is 4.74 Å². The number of nitrogens with zero attached hydrogens (tertiary/aromatic N) is 2. The highest BCUT2D eigenvalue weighted by molar-refractivity contribution is 5.99. The second-order valence-corrected chi connectivity index (χ2v) is 8.99. The lowest BCUT2D eigenvalue weighted by Crippen LogP contribution is -2.32. The van der Waals surface area contributed by atoms with Gasteiger partial charge < -0.3 is 19.3 Å². The van der Waals surface area contributed by atoms with Gasteiger partial charge in [-0.05, 0) is 60.2 Å². The summed E-state index contributed by atoms with van der Waals surface area (Å²) in [5.74, 6) is 0.217. The van der Waals surface area contributed by atoms with Crippen LogP contribution in [-0.4, -0.2) is 40.6 Å². The fourth-order valence-electron chi connectivity index (χ4n) is 5.43. The van der Waals surface area contributed by atoms with Gasteiger partial charge in [-0.1, -0.05) is 25.3 Å². The molecule has 1 fully saturated rings. The number of carbonyl (C=O) groups is 2. The van der Waals surface area contributed by atoms with Gasteiger partial charge in [0.05, 0.1) is 23.9 Å². The van der Waals surface area contributed by atoms with Crippen molar-refractivity contribution in [1.29, 1.82) is 0 Å². The van der Waals surface area contributed by atoms with Crippen molar-refractivity contribution in [2.45, 2.75) is 51.1 Å². The largest absolute Gasteiger partial charge is 0.497 e. The monoisotopic (exact) mass is 432 g/mol. The summed E-state index contributed by atoms with van der Waals surface area (Å²) < 4.78 is 7.53. The van der Waals surface area contributed by atoms with Crippen molar-refractivity contribution in [2.24, 2.45) is 0 Å². The second-order valence-electron chi connectivity index (χ2n) is 8.99. The molecule has 3 aromatic rings. The molecule has 0 saturated heterocycles. The first-order valence-corrected chi connectivity index (χ1v) is 11.3. The Kier molecular flexibility index (Phi) is 5.16. The molecule has 2 aromatic carbocycles. The Balaban J connectivity index is 1.86. The molecule has 2 heterocycles. The van der Waals surface area contributed by atoms with Crippen LogP contribution in [-0.2, 0) is 17.9 Å². The standard InChI is InChI=1S/C26H28N2O4/c1-27-14-18-12-19(32-2)9-11-20(18)25-24(16-6-4-3-5-7-16)21-10-8-17(26(30)31)13-22(21)28(25)15-23(27)29/h8-13,16H,3-7,14-15H2,1-2H3,(H,30,31). The predicted molar refractivity (Wildman–Crippen MR) is 123 cm³/mol. The maximum absolute atomic E-state index is 13.1. The molecule has 6 heteroatoms. The minimum atomic E-state index is -0.957.